The molecule has 1 fully saturated rings. The van der Waals surface area contributed by atoms with Crippen LogP contribution in [0.3, 0.4) is 0 Å². The van der Waals surface area contributed by atoms with Gasteiger partial charge in [0.05, 0.1) is 10.3 Å². The van der Waals surface area contributed by atoms with Crippen molar-refractivity contribution >= 4 is 17.3 Å². The number of hydrogen-bond donors (Lipinski definition) is 2. The number of amides is 1. The zero-order valence-electron chi connectivity index (χ0n) is 11.1. The lowest BCUT2D eigenvalue weighted by atomic mass is 9.84. The van der Waals surface area contributed by atoms with E-state index < -0.39 is 33.4 Å². The molecule has 7 heteroatoms. The SMILES string of the molecule is CC1(C(=O)Nc2c(F)cccc2[N+](=O)[O-])CCCC1N. The zero-order chi connectivity index (χ0) is 14.9. The molecule has 2 rings (SSSR count). The van der Waals surface area contributed by atoms with Crippen LogP contribution in [0.15, 0.2) is 18.2 Å². The summed E-state index contributed by atoms with van der Waals surface area (Å²) in [5.41, 5.74) is 4.23. The number of nitrogens with one attached hydrogen (secondary N) is 1. The summed E-state index contributed by atoms with van der Waals surface area (Å²) in [7, 11) is 0. The van der Waals surface area contributed by atoms with Crippen LogP contribution in [-0.2, 0) is 4.79 Å². The predicted octanol–water partition coefficient (Wildman–Crippen LogP) is 2.19. The molecule has 0 radical (unpaired) electrons. The van der Waals surface area contributed by atoms with Gasteiger partial charge in [-0.2, -0.15) is 0 Å². The molecule has 6 nitrogen and oxygen atoms in total. The van der Waals surface area contributed by atoms with Crippen LogP contribution in [0.5, 0.6) is 0 Å². The van der Waals surface area contributed by atoms with Gasteiger partial charge in [0.1, 0.15) is 0 Å². The Morgan fingerprint density at radius 3 is 2.85 bits per heavy atom. The molecule has 20 heavy (non-hydrogen) atoms. The minimum absolute atomic E-state index is 0.326. The molecule has 2 unspecified atom stereocenters. The van der Waals surface area contributed by atoms with Crippen molar-refractivity contribution in [2.75, 3.05) is 5.32 Å². The summed E-state index contributed by atoms with van der Waals surface area (Å²) in [6.07, 6.45) is 2.11. The fourth-order valence-corrected chi connectivity index (χ4v) is 2.52. The highest BCUT2D eigenvalue weighted by atomic mass is 19.1. The topological polar surface area (TPSA) is 98.3 Å². The second-order valence-corrected chi connectivity index (χ2v) is 5.26. The third kappa shape index (κ3) is 2.36. The lowest BCUT2D eigenvalue weighted by Crippen LogP contribution is -2.44. The van der Waals surface area contributed by atoms with E-state index in [1.165, 1.54) is 6.07 Å². The Kier molecular flexibility index (Phi) is 3.71. The average molecular weight is 281 g/mol. The standard InChI is InChI=1S/C13H16FN3O3/c1-13(7-3-6-10(13)15)12(18)16-11-8(14)4-2-5-9(11)17(19)20/h2,4-5,10H,3,6-7,15H2,1H3,(H,16,18). The molecule has 0 saturated heterocycles. The molecule has 0 aromatic heterocycles. The first-order chi connectivity index (χ1) is 9.36. The first-order valence-electron chi connectivity index (χ1n) is 6.36. The highest BCUT2D eigenvalue weighted by Crippen LogP contribution is 2.38. The van der Waals surface area contributed by atoms with Crippen molar-refractivity contribution < 1.29 is 14.1 Å². The lowest BCUT2D eigenvalue weighted by molar-refractivity contribution is -0.384. The average Bonchev–Trinajstić information content (AvgIpc) is 2.73. The second-order valence-electron chi connectivity index (χ2n) is 5.26. The van der Waals surface area contributed by atoms with Gasteiger partial charge in [0.15, 0.2) is 11.5 Å². The Bertz CT molecular complexity index is 564. The Morgan fingerprint density at radius 1 is 1.60 bits per heavy atom. The number of nitrogens with two attached hydrogens (primary N) is 1. The van der Waals surface area contributed by atoms with Gasteiger partial charge in [0.25, 0.3) is 5.69 Å². The number of halogens is 1. The Balaban J connectivity index is 2.31. The van der Waals surface area contributed by atoms with Crippen LogP contribution < -0.4 is 11.1 Å². The van der Waals surface area contributed by atoms with E-state index in [1.54, 1.807) is 6.92 Å². The van der Waals surface area contributed by atoms with Gasteiger partial charge in [-0.15, -0.1) is 0 Å². The second kappa shape index (κ2) is 5.16. The minimum atomic E-state index is -0.831. The number of para-hydroxylation sites is 1. The van der Waals surface area contributed by atoms with E-state index in [4.69, 9.17) is 5.73 Å². The highest BCUT2D eigenvalue weighted by molar-refractivity contribution is 5.97. The maximum absolute atomic E-state index is 13.7. The third-order valence-corrected chi connectivity index (χ3v) is 3.98. The summed E-state index contributed by atoms with van der Waals surface area (Å²) in [5.74, 6) is -1.31. The van der Waals surface area contributed by atoms with Crippen LogP contribution in [-0.4, -0.2) is 16.9 Å². The summed E-state index contributed by atoms with van der Waals surface area (Å²) in [4.78, 5) is 22.5. The predicted molar refractivity (Wildman–Crippen MR) is 71.6 cm³/mol. The minimum Gasteiger partial charge on any atom is -0.327 e. The molecule has 3 N–H and O–H groups in total. The molecule has 1 aliphatic rings. The summed E-state index contributed by atoms with van der Waals surface area (Å²) >= 11 is 0. The van der Waals surface area contributed by atoms with E-state index in [2.05, 4.69) is 5.32 Å². The van der Waals surface area contributed by atoms with Gasteiger partial charge >= 0.3 is 0 Å². The van der Waals surface area contributed by atoms with E-state index >= 15 is 0 Å². The highest BCUT2D eigenvalue weighted by Gasteiger charge is 2.43. The van der Waals surface area contributed by atoms with Crippen LogP contribution >= 0.6 is 0 Å². The molecular formula is C13H16FN3O3. The number of nitro benzene ring substituents is 1. The van der Waals surface area contributed by atoms with Crippen LogP contribution in [0, 0.1) is 21.3 Å². The van der Waals surface area contributed by atoms with E-state index in [0.29, 0.717) is 12.8 Å². The number of benzene rings is 1. The molecule has 108 valence electrons. The quantitative estimate of drug-likeness (QED) is 0.655. The van der Waals surface area contributed by atoms with E-state index in [9.17, 15) is 19.3 Å². The fourth-order valence-electron chi connectivity index (χ4n) is 2.52. The normalized spacial score (nSPS) is 25.4. The maximum Gasteiger partial charge on any atom is 0.295 e. The Morgan fingerprint density at radius 2 is 2.30 bits per heavy atom. The van der Waals surface area contributed by atoms with Crippen molar-refractivity contribution in [3.05, 3.63) is 34.1 Å². The molecule has 0 spiro atoms. The smallest absolute Gasteiger partial charge is 0.295 e. The van der Waals surface area contributed by atoms with E-state index in [-0.39, 0.29) is 6.04 Å². The monoisotopic (exact) mass is 281 g/mol. The first kappa shape index (κ1) is 14.4. The maximum atomic E-state index is 13.7. The third-order valence-electron chi connectivity index (χ3n) is 3.98. The number of nitrogens with zero attached hydrogens (tertiary/aromatic N) is 1. The number of nitro groups is 1. The van der Waals surface area contributed by atoms with Crippen molar-refractivity contribution in [2.45, 2.75) is 32.2 Å². The summed E-state index contributed by atoms with van der Waals surface area (Å²) < 4.78 is 13.7. The molecular weight excluding hydrogens is 265 g/mol. The largest absolute Gasteiger partial charge is 0.327 e. The molecule has 0 aliphatic heterocycles. The van der Waals surface area contributed by atoms with Crippen molar-refractivity contribution in [3.63, 3.8) is 0 Å². The zero-order valence-corrected chi connectivity index (χ0v) is 11.1. The fraction of sp³-hybridized carbons (Fsp3) is 0.462. The van der Waals surface area contributed by atoms with E-state index in [0.717, 1.165) is 18.6 Å². The number of carbonyl (C=O) groups is 1. The van der Waals surface area contributed by atoms with Crippen molar-refractivity contribution in [3.8, 4) is 0 Å². The summed E-state index contributed by atoms with van der Waals surface area (Å²) in [5, 5.41) is 13.2. The number of hydrogen-bond acceptors (Lipinski definition) is 4. The van der Waals surface area contributed by atoms with Gasteiger partial charge in [-0.25, -0.2) is 4.39 Å². The van der Waals surface area contributed by atoms with Crippen LogP contribution in [0.1, 0.15) is 26.2 Å². The van der Waals surface area contributed by atoms with Crippen molar-refractivity contribution in [2.24, 2.45) is 11.1 Å². The van der Waals surface area contributed by atoms with Crippen molar-refractivity contribution in [1.82, 2.24) is 0 Å². The van der Waals surface area contributed by atoms with E-state index in [1.807, 2.05) is 0 Å². The molecule has 2 atom stereocenters. The van der Waals surface area contributed by atoms with Crippen LogP contribution in [0.25, 0.3) is 0 Å². The van der Waals surface area contributed by atoms with Crippen LogP contribution in [0.4, 0.5) is 15.8 Å². The van der Waals surface area contributed by atoms with Crippen LogP contribution in [0.2, 0.25) is 0 Å². The lowest BCUT2D eigenvalue weighted by Gasteiger charge is -2.27. The van der Waals surface area contributed by atoms with Gasteiger partial charge in [-0.1, -0.05) is 12.5 Å². The summed E-state index contributed by atoms with van der Waals surface area (Å²) in [6.45, 7) is 1.70. The molecule has 1 amide bonds. The molecule has 0 heterocycles. The van der Waals surface area contributed by atoms with Gasteiger partial charge in [-0.05, 0) is 25.8 Å². The number of carbonyl (C=O) groups excluding carboxylic acids is 1. The van der Waals surface area contributed by atoms with Gasteiger partial charge in [0, 0.05) is 12.1 Å². The Labute approximate surface area is 115 Å². The molecule has 1 aromatic carbocycles. The number of anilines is 1. The first-order valence-corrected chi connectivity index (χ1v) is 6.36. The molecule has 1 aliphatic carbocycles. The summed E-state index contributed by atoms with van der Waals surface area (Å²) in [6, 6.07) is 3.12. The van der Waals surface area contributed by atoms with Gasteiger partial charge < -0.3 is 11.1 Å². The van der Waals surface area contributed by atoms with Gasteiger partial charge in [-0.3, -0.25) is 14.9 Å². The van der Waals surface area contributed by atoms with Gasteiger partial charge in [0.2, 0.25) is 5.91 Å². The number of rotatable bonds is 3. The van der Waals surface area contributed by atoms with Crippen molar-refractivity contribution in [1.29, 1.82) is 0 Å². The molecule has 0 bridgehead atoms. The molecule has 1 saturated carbocycles. The Hall–Kier alpha value is -2.02. The molecule has 1 aromatic rings.